The van der Waals surface area contributed by atoms with E-state index in [0.717, 1.165) is 44.8 Å². The van der Waals surface area contributed by atoms with Crippen LogP contribution in [-0.4, -0.2) is 57.3 Å². The second-order valence-electron chi connectivity index (χ2n) is 8.26. The van der Waals surface area contributed by atoms with Gasteiger partial charge in [0.25, 0.3) is 0 Å². The van der Waals surface area contributed by atoms with Crippen molar-refractivity contribution in [1.29, 1.82) is 0 Å². The Kier molecular flexibility index (Phi) is 11.0. The monoisotopic (exact) mass is 538 g/mol. The number of hydrogen-bond acceptors (Lipinski definition) is 8. The zero-order valence-electron chi connectivity index (χ0n) is 20.1. The first-order valence-electron chi connectivity index (χ1n) is 11.7. The lowest BCUT2D eigenvalue weighted by atomic mass is 10.1. The number of piperazine rings is 1. The highest BCUT2D eigenvalue weighted by atomic mass is 32.2. The fraction of sp³-hybridized carbons (Fsp3) is 0.360. The van der Waals surface area contributed by atoms with Gasteiger partial charge in [0.05, 0.1) is 0 Å². The van der Waals surface area contributed by atoms with Crippen LogP contribution in [0.1, 0.15) is 35.7 Å². The first kappa shape index (κ1) is 27.9. The van der Waals surface area contributed by atoms with Crippen molar-refractivity contribution in [3.05, 3.63) is 71.5 Å². The van der Waals surface area contributed by atoms with Crippen LogP contribution in [0.2, 0.25) is 0 Å². The van der Waals surface area contributed by atoms with Crippen LogP contribution in [0.4, 0.5) is 15.2 Å². The average molecular weight is 539 g/mol. The van der Waals surface area contributed by atoms with Crippen molar-refractivity contribution in [2.24, 2.45) is 0 Å². The summed E-state index contributed by atoms with van der Waals surface area (Å²) in [6, 6.07) is 13.5. The van der Waals surface area contributed by atoms with E-state index in [1.165, 1.54) is 41.2 Å². The second kappa shape index (κ2) is 14.1. The van der Waals surface area contributed by atoms with E-state index < -0.39 is 11.1 Å². The molecule has 2 aliphatic rings. The van der Waals surface area contributed by atoms with E-state index in [0.29, 0.717) is 17.6 Å². The van der Waals surface area contributed by atoms with Gasteiger partial charge in [0.1, 0.15) is 5.82 Å². The predicted molar refractivity (Wildman–Crippen MR) is 147 cm³/mol. The molecular formula is C25H37FN5O3S2-. The fourth-order valence-electron chi connectivity index (χ4n) is 3.91. The number of hydrogen-bond donors (Lipinski definition) is 2. The zero-order valence-corrected chi connectivity index (χ0v) is 21.8. The molecule has 0 bridgehead atoms. The minimum Gasteiger partial charge on any atom is -0.768 e. The van der Waals surface area contributed by atoms with Gasteiger partial charge in [-0.05, 0) is 66.4 Å². The van der Waals surface area contributed by atoms with Crippen molar-refractivity contribution in [2.75, 3.05) is 43.4 Å². The second-order valence-corrected chi connectivity index (χ2v) is 10.1. The molecule has 3 heterocycles. The van der Waals surface area contributed by atoms with Crippen molar-refractivity contribution in [2.45, 2.75) is 30.7 Å². The van der Waals surface area contributed by atoms with E-state index in [1.54, 1.807) is 23.2 Å². The number of nitrogens with one attached hydrogen (secondary N) is 1. The Hall–Kier alpha value is -2.70. The molecule has 2 aromatic carbocycles. The van der Waals surface area contributed by atoms with E-state index in [4.69, 9.17) is 5.73 Å². The molecule has 3 aromatic rings. The van der Waals surface area contributed by atoms with Gasteiger partial charge in [0.15, 0.2) is 5.13 Å². The van der Waals surface area contributed by atoms with Crippen LogP contribution < -0.4 is 16.0 Å². The number of carbonyl (C=O) groups is 1. The molecule has 1 aromatic heterocycles. The molecule has 36 heavy (non-hydrogen) atoms. The van der Waals surface area contributed by atoms with Crippen LogP contribution >= 0.6 is 11.3 Å². The Morgan fingerprint density at radius 2 is 1.81 bits per heavy atom. The molecule has 11 heteroatoms. The number of thiazole rings is 1. The lowest BCUT2D eigenvalue weighted by Gasteiger charge is -2.33. The number of benzene rings is 2. The maximum atomic E-state index is 12.8. The number of nitrogen functional groups attached to an aromatic ring is 1. The van der Waals surface area contributed by atoms with Crippen molar-refractivity contribution in [1.82, 2.24) is 15.2 Å². The first-order valence-corrected chi connectivity index (χ1v) is 13.7. The third-order valence-corrected chi connectivity index (χ3v) is 7.18. The molecule has 2 atom stereocenters. The van der Waals surface area contributed by atoms with Gasteiger partial charge in [-0.3, -0.25) is 13.9 Å². The van der Waals surface area contributed by atoms with E-state index in [-0.39, 0.29) is 20.9 Å². The summed E-state index contributed by atoms with van der Waals surface area (Å²) in [5.41, 5.74) is 7.15. The van der Waals surface area contributed by atoms with Gasteiger partial charge in [-0.25, -0.2) is 9.37 Å². The van der Waals surface area contributed by atoms with Crippen LogP contribution in [-0.2, 0) is 15.9 Å². The number of halogens is 1. The quantitative estimate of drug-likeness (QED) is 0.476. The molecule has 2 saturated heterocycles. The SMILES string of the molecule is C[C@@H](c1ccc(F)cc1)N1CCNCC1.Nc1nccs1.O=C1CCCN1c1ccc(S(=O)[O-])cc1.[HH].[HH].[HH]. The summed E-state index contributed by atoms with van der Waals surface area (Å²) in [5.74, 6) is -0.0581. The highest BCUT2D eigenvalue weighted by Crippen LogP contribution is 2.22. The topological polar surface area (TPSA) is 115 Å². The lowest BCUT2D eigenvalue weighted by Crippen LogP contribution is -2.44. The van der Waals surface area contributed by atoms with E-state index in [1.807, 2.05) is 17.5 Å². The number of rotatable bonds is 4. The summed E-state index contributed by atoms with van der Waals surface area (Å²) in [6.07, 6.45) is 3.13. The fourth-order valence-corrected chi connectivity index (χ4v) is 4.66. The van der Waals surface area contributed by atoms with Crippen LogP contribution in [0.3, 0.4) is 0 Å². The summed E-state index contributed by atoms with van der Waals surface area (Å²) >= 11 is -0.756. The van der Waals surface area contributed by atoms with E-state index >= 15 is 0 Å². The molecular weight excluding hydrogens is 501 g/mol. The highest BCUT2D eigenvalue weighted by Gasteiger charge is 2.21. The van der Waals surface area contributed by atoms with Gasteiger partial charge in [-0.15, -0.1) is 11.3 Å². The van der Waals surface area contributed by atoms with Crippen LogP contribution in [0.5, 0.6) is 0 Å². The smallest absolute Gasteiger partial charge is 0.227 e. The van der Waals surface area contributed by atoms with Crippen LogP contribution in [0, 0.1) is 5.82 Å². The van der Waals surface area contributed by atoms with Gasteiger partial charge in [-0.1, -0.05) is 12.1 Å². The molecule has 0 spiro atoms. The minimum absolute atomic E-state index is 0. The third kappa shape index (κ3) is 8.45. The Labute approximate surface area is 222 Å². The molecule has 1 amide bonds. The molecule has 1 unspecified atom stereocenters. The molecule has 2 fully saturated rings. The highest BCUT2D eigenvalue weighted by molar-refractivity contribution is 7.79. The molecule has 5 rings (SSSR count). The summed E-state index contributed by atoms with van der Waals surface area (Å²) in [6.45, 7) is 7.13. The maximum Gasteiger partial charge on any atom is 0.227 e. The number of carbonyl (C=O) groups excluding carboxylic acids is 1. The maximum absolute atomic E-state index is 12.8. The molecule has 0 saturated carbocycles. The summed E-state index contributed by atoms with van der Waals surface area (Å²) < 4.78 is 34.0. The zero-order chi connectivity index (χ0) is 25.9. The summed E-state index contributed by atoms with van der Waals surface area (Å²) in [7, 11) is 0. The number of amides is 1. The Bertz CT molecular complexity index is 1110. The molecule has 0 radical (unpaired) electrons. The van der Waals surface area contributed by atoms with E-state index in [9.17, 15) is 17.9 Å². The van der Waals surface area contributed by atoms with Crippen molar-refractivity contribution >= 4 is 39.1 Å². The molecule has 8 nitrogen and oxygen atoms in total. The van der Waals surface area contributed by atoms with E-state index in [2.05, 4.69) is 22.1 Å². The largest absolute Gasteiger partial charge is 0.768 e. The van der Waals surface area contributed by atoms with Crippen molar-refractivity contribution < 1.29 is 22.2 Å². The number of aromatic nitrogens is 1. The normalized spacial score (nSPS) is 17.4. The van der Waals surface area contributed by atoms with Gasteiger partial charge in [-0.2, -0.15) is 0 Å². The predicted octanol–water partition coefficient (Wildman–Crippen LogP) is 4.31. The molecule has 0 aliphatic carbocycles. The first-order chi connectivity index (χ1) is 17.3. The van der Waals surface area contributed by atoms with Gasteiger partial charge >= 0.3 is 0 Å². The molecule has 3 N–H and O–H groups in total. The number of nitrogens with two attached hydrogens (primary N) is 1. The average Bonchev–Trinajstić information content (AvgIpc) is 3.56. The standard InChI is InChI=1S/C12H17FN2.C10H11NO3S.C3H4N2S.3H2/c1-10(15-8-6-14-7-9-15)11-2-4-12(13)5-3-11;12-10-2-1-7-11(10)8-3-5-9(6-4-8)15(13)14;4-3-5-1-2-6-3;;;/h2-5,10,14H,6-9H2,1H3;3-6H,1-2,7H2,(H,13,14);1-2H,(H2,4,5);3*1H/p-1/t10-;;;;;/m0...../s1. The van der Waals surface area contributed by atoms with Gasteiger partial charge in [0, 0.05) is 71.6 Å². The Morgan fingerprint density at radius 1 is 1.14 bits per heavy atom. The molecule has 2 aliphatic heterocycles. The summed E-state index contributed by atoms with van der Waals surface area (Å²) in [4.78, 5) is 19.5. The van der Waals surface area contributed by atoms with Gasteiger partial charge in [0.2, 0.25) is 5.91 Å². The van der Waals surface area contributed by atoms with Crippen molar-refractivity contribution in [3.8, 4) is 0 Å². The van der Waals surface area contributed by atoms with Crippen LogP contribution in [0.25, 0.3) is 0 Å². The van der Waals surface area contributed by atoms with Gasteiger partial charge < -0.3 is 20.5 Å². The minimum atomic E-state index is -2.20. The lowest BCUT2D eigenvalue weighted by molar-refractivity contribution is -0.117. The van der Waals surface area contributed by atoms with Crippen LogP contribution in [0.15, 0.2) is 65.0 Å². The summed E-state index contributed by atoms with van der Waals surface area (Å²) in [5, 5.41) is 5.81. The Morgan fingerprint density at radius 3 is 2.28 bits per heavy atom. The number of anilines is 2. The van der Waals surface area contributed by atoms with Crippen molar-refractivity contribution in [3.63, 3.8) is 0 Å². The number of nitrogens with zero attached hydrogens (tertiary/aromatic N) is 3. The third-order valence-electron chi connectivity index (χ3n) is 5.92. The molecule has 200 valence electrons. The Balaban J connectivity index is 0.000000576.